The molecule has 0 aliphatic rings. The monoisotopic (exact) mass is 448 g/mol. The second-order valence-electron chi connectivity index (χ2n) is 4.55. The van der Waals surface area contributed by atoms with Gasteiger partial charge < -0.3 is 4.79 Å². The molecule has 149 valence electrons. The SMILES string of the molecule is C[C-]=O.[C-]#[O+].[C-]#[O+].[C-]#[O+].[Co].c1ccc(P(c2ccccc2)c2ccccc2)cc1. The van der Waals surface area contributed by atoms with E-state index in [2.05, 4.69) is 111 Å². The Bertz CT molecular complexity index is 696. The van der Waals surface area contributed by atoms with Gasteiger partial charge in [0.25, 0.3) is 0 Å². The molecule has 0 saturated carbocycles. The number of hydrogen-bond donors (Lipinski definition) is 0. The molecule has 0 N–H and O–H groups in total. The summed E-state index contributed by atoms with van der Waals surface area (Å²) in [5, 5.41) is 4.19. The second-order valence-corrected chi connectivity index (χ2v) is 6.77. The van der Waals surface area contributed by atoms with Gasteiger partial charge in [-0.15, -0.1) is 0 Å². The van der Waals surface area contributed by atoms with Crippen molar-refractivity contribution in [3.63, 3.8) is 0 Å². The Labute approximate surface area is 183 Å². The number of benzene rings is 3. The summed E-state index contributed by atoms with van der Waals surface area (Å²) in [5.41, 5.74) is 0. The van der Waals surface area contributed by atoms with E-state index < -0.39 is 7.92 Å². The summed E-state index contributed by atoms with van der Waals surface area (Å²) in [6, 6.07) is 32.3. The summed E-state index contributed by atoms with van der Waals surface area (Å²) in [5.74, 6) is 0. The third-order valence-corrected chi connectivity index (χ3v) is 5.49. The molecule has 0 heterocycles. The Morgan fingerprint density at radius 2 is 0.759 bits per heavy atom. The summed E-state index contributed by atoms with van der Waals surface area (Å²) in [6.45, 7) is 14.8. The van der Waals surface area contributed by atoms with Gasteiger partial charge in [0, 0.05) is 16.8 Å². The molecule has 0 fully saturated rings. The van der Waals surface area contributed by atoms with Gasteiger partial charge in [-0.2, -0.15) is 6.92 Å². The minimum Gasteiger partial charge on any atom is -0.0622 e. The van der Waals surface area contributed by atoms with Crippen LogP contribution in [-0.4, -0.2) is 6.29 Å². The molecule has 0 saturated heterocycles. The molecule has 3 aromatic carbocycles. The van der Waals surface area contributed by atoms with Crippen LogP contribution in [0, 0.1) is 20.0 Å². The molecule has 0 amide bonds. The van der Waals surface area contributed by atoms with Gasteiger partial charge in [0.1, 0.15) is 0 Å². The van der Waals surface area contributed by atoms with Crippen molar-refractivity contribution in [3.05, 3.63) is 111 Å². The average Bonchev–Trinajstić information content (AvgIpc) is 2.81. The first-order chi connectivity index (χ1) is 13.9. The number of carbonyl (C=O) groups excluding carboxylic acids is 1. The zero-order valence-electron chi connectivity index (χ0n) is 15.6. The second kappa shape index (κ2) is 23.5. The normalized spacial score (nSPS) is 7.59. The van der Waals surface area contributed by atoms with Crippen LogP contribution in [-0.2, 0) is 35.5 Å². The number of rotatable bonds is 3. The minimum absolute atomic E-state index is 0. The fraction of sp³-hybridized carbons (Fsp3) is 0.0435. The largest absolute Gasteiger partial charge is 0.0622 e. The smallest absolute Gasteiger partial charge is 0 e. The maximum absolute atomic E-state index is 8.68. The molecule has 3 aromatic rings. The fourth-order valence-corrected chi connectivity index (χ4v) is 4.48. The zero-order chi connectivity index (χ0) is 21.6. The molecular formula is C23H18CoO4P-. The Kier molecular flexibility index (Phi) is 25.3. The Morgan fingerprint density at radius 1 is 0.586 bits per heavy atom. The first kappa shape index (κ1) is 31.2. The van der Waals surface area contributed by atoms with Crippen LogP contribution in [0.15, 0.2) is 91.0 Å². The summed E-state index contributed by atoms with van der Waals surface area (Å²) in [6.07, 6.45) is 1.50. The molecule has 1 radical (unpaired) electrons. The molecule has 6 heteroatoms. The van der Waals surface area contributed by atoms with Crippen molar-refractivity contribution < 1.29 is 35.5 Å². The van der Waals surface area contributed by atoms with Crippen LogP contribution in [0.2, 0.25) is 0 Å². The zero-order valence-corrected chi connectivity index (χ0v) is 17.5. The molecular weight excluding hydrogens is 430 g/mol. The van der Waals surface area contributed by atoms with Crippen molar-refractivity contribution in [1.29, 1.82) is 0 Å². The van der Waals surface area contributed by atoms with Crippen molar-refractivity contribution in [2.45, 2.75) is 6.92 Å². The van der Waals surface area contributed by atoms with E-state index in [9.17, 15) is 0 Å². The topological polar surface area (TPSA) is 76.8 Å². The van der Waals surface area contributed by atoms with Crippen LogP contribution in [0.25, 0.3) is 0 Å². The van der Waals surface area contributed by atoms with Gasteiger partial charge in [0.05, 0.1) is 0 Å². The van der Waals surface area contributed by atoms with E-state index in [4.69, 9.17) is 18.8 Å². The van der Waals surface area contributed by atoms with Crippen LogP contribution in [0.3, 0.4) is 0 Å². The predicted octanol–water partition coefficient (Wildman–Crippen LogP) is 3.45. The summed E-state index contributed by atoms with van der Waals surface area (Å²) >= 11 is 0. The quantitative estimate of drug-likeness (QED) is 0.344. The van der Waals surface area contributed by atoms with Crippen molar-refractivity contribution in [2.75, 3.05) is 0 Å². The molecule has 4 nitrogen and oxygen atoms in total. The van der Waals surface area contributed by atoms with E-state index in [-0.39, 0.29) is 16.8 Å². The summed E-state index contributed by atoms with van der Waals surface area (Å²) < 4.78 is 22.5. The van der Waals surface area contributed by atoms with E-state index in [1.54, 1.807) is 0 Å². The van der Waals surface area contributed by atoms with Crippen LogP contribution in [0.4, 0.5) is 0 Å². The molecule has 0 unspecified atom stereocenters. The fourth-order valence-electron chi connectivity index (χ4n) is 2.18. The Hall–Kier alpha value is -2.51. The minimum atomic E-state index is -0.446. The van der Waals surface area contributed by atoms with E-state index in [1.165, 1.54) is 29.1 Å². The Balaban J connectivity index is -0.000000595. The maximum atomic E-state index is 8.68. The standard InChI is InChI=1S/C18H15P.C2H3O.3CO.Co/c1-4-10-16(11-5-1)19(17-12-6-2-7-13-17)18-14-8-3-9-15-18;1-2-3;3*1-2;/h1-15H;1H3;;;;/q;-1;;;;. The van der Waals surface area contributed by atoms with Crippen molar-refractivity contribution >= 4 is 30.1 Å². The molecule has 0 bridgehead atoms. The van der Waals surface area contributed by atoms with Crippen molar-refractivity contribution in [2.24, 2.45) is 0 Å². The van der Waals surface area contributed by atoms with Crippen molar-refractivity contribution in [1.82, 2.24) is 0 Å². The number of hydrogen-bond acceptors (Lipinski definition) is 1. The predicted molar refractivity (Wildman–Crippen MR) is 108 cm³/mol. The van der Waals surface area contributed by atoms with Crippen molar-refractivity contribution in [3.8, 4) is 0 Å². The van der Waals surface area contributed by atoms with Crippen LogP contribution >= 0.6 is 7.92 Å². The Morgan fingerprint density at radius 3 is 0.931 bits per heavy atom. The van der Waals surface area contributed by atoms with Crippen LogP contribution in [0.1, 0.15) is 6.92 Å². The van der Waals surface area contributed by atoms with E-state index in [0.717, 1.165) is 0 Å². The van der Waals surface area contributed by atoms with E-state index in [0.29, 0.717) is 0 Å². The van der Waals surface area contributed by atoms with Gasteiger partial charge in [0.2, 0.25) is 0 Å². The van der Waals surface area contributed by atoms with Crippen LogP contribution in [0.5, 0.6) is 0 Å². The third kappa shape index (κ3) is 12.5. The van der Waals surface area contributed by atoms with Gasteiger partial charge in [-0.05, 0) is 23.8 Å². The van der Waals surface area contributed by atoms with E-state index >= 15 is 0 Å². The van der Waals surface area contributed by atoms with Gasteiger partial charge in [-0.25, -0.2) is 0 Å². The maximum Gasteiger partial charge on any atom is 0 e. The van der Waals surface area contributed by atoms with Gasteiger partial charge >= 0.3 is 33.9 Å². The van der Waals surface area contributed by atoms with Gasteiger partial charge in [-0.3, -0.25) is 6.29 Å². The molecule has 3 rings (SSSR count). The first-order valence-corrected chi connectivity index (χ1v) is 9.06. The molecule has 0 atom stereocenters. The van der Waals surface area contributed by atoms with Gasteiger partial charge in [-0.1, -0.05) is 91.0 Å². The molecule has 0 aromatic heterocycles. The van der Waals surface area contributed by atoms with Crippen LogP contribution < -0.4 is 15.9 Å². The van der Waals surface area contributed by atoms with Gasteiger partial charge in [0.15, 0.2) is 0 Å². The summed E-state index contributed by atoms with van der Waals surface area (Å²) in [7, 11) is -0.446. The molecule has 0 aliphatic carbocycles. The molecule has 0 aliphatic heterocycles. The summed E-state index contributed by atoms with van der Waals surface area (Å²) in [4.78, 5) is 8.68. The van der Waals surface area contributed by atoms with E-state index in [1.807, 2.05) is 0 Å². The third-order valence-electron chi connectivity index (χ3n) is 3.04. The average molecular weight is 448 g/mol. The molecule has 0 spiro atoms. The first-order valence-electron chi connectivity index (χ1n) is 7.72. The molecule has 29 heavy (non-hydrogen) atoms.